The third kappa shape index (κ3) is 11.2. The molecule has 0 heterocycles. The van der Waals surface area contributed by atoms with Crippen molar-refractivity contribution in [1.29, 1.82) is 0 Å². The van der Waals surface area contributed by atoms with Gasteiger partial charge in [0.2, 0.25) is 5.91 Å². The SMILES string of the molecule is CCN(C(=O)CC(C)OC(COC(=O)C(C)c1cccc(C(=O)c2ccccc2)c1)COC(=O)C(C)c1cccc(C(=O)c2ccccc2)c1)c1ccccc1C. The number of benzene rings is 5. The number of carbonyl (C=O) groups is 5. The van der Waals surface area contributed by atoms with Gasteiger partial charge in [0, 0.05) is 34.5 Å². The summed E-state index contributed by atoms with van der Waals surface area (Å²) < 4.78 is 17.8. The maximum Gasteiger partial charge on any atom is 0.313 e. The molecule has 0 bridgehead atoms. The van der Waals surface area contributed by atoms with Crippen LogP contribution in [0.25, 0.3) is 0 Å². The number of nitrogens with zero attached hydrogens (tertiary/aromatic N) is 1. The number of anilines is 1. The van der Waals surface area contributed by atoms with Gasteiger partial charge >= 0.3 is 11.9 Å². The van der Waals surface area contributed by atoms with E-state index in [1.54, 1.807) is 123 Å². The zero-order chi connectivity index (χ0) is 40.9. The molecule has 0 saturated heterocycles. The van der Waals surface area contributed by atoms with E-state index in [9.17, 15) is 24.0 Å². The van der Waals surface area contributed by atoms with Crippen LogP contribution in [0.15, 0.2) is 133 Å². The fraction of sp³-hybridized carbons (Fsp3) is 0.271. The molecule has 57 heavy (non-hydrogen) atoms. The van der Waals surface area contributed by atoms with E-state index >= 15 is 0 Å². The van der Waals surface area contributed by atoms with Gasteiger partial charge in [-0.1, -0.05) is 115 Å². The van der Waals surface area contributed by atoms with E-state index in [-0.39, 0.29) is 37.1 Å². The average molecular weight is 768 g/mol. The number of rotatable bonds is 18. The van der Waals surface area contributed by atoms with E-state index in [0.717, 1.165) is 11.3 Å². The fourth-order valence-electron chi connectivity index (χ4n) is 6.49. The molecule has 5 aromatic rings. The summed E-state index contributed by atoms with van der Waals surface area (Å²) in [7, 11) is 0. The molecule has 0 aliphatic rings. The highest BCUT2D eigenvalue weighted by molar-refractivity contribution is 6.09. The molecule has 0 fully saturated rings. The van der Waals surface area contributed by atoms with Crippen molar-refractivity contribution in [2.24, 2.45) is 0 Å². The molecule has 0 spiro atoms. The first-order valence-corrected chi connectivity index (χ1v) is 19.2. The van der Waals surface area contributed by atoms with Crippen molar-refractivity contribution in [3.8, 4) is 0 Å². The van der Waals surface area contributed by atoms with Crippen LogP contribution in [0.2, 0.25) is 0 Å². The lowest BCUT2D eigenvalue weighted by atomic mass is 9.96. The Morgan fingerprint density at radius 3 is 1.46 bits per heavy atom. The van der Waals surface area contributed by atoms with Crippen molar-refractivity contribution in [2.75, 3.05) is 24.7 Å². The van der Waals surface area contributed by atoms with Crippen LogP contribution in [0.3, 0.4) is 0 Å². The summed E-state index contributed by atoms with van der Waals surface area (Å²) in [5, 5.41) is 0. The van der Waals surface area contributed by atoms with Crippen LogP contribution in [0.1, 0.15) is 94.5 Å². The summed E-state index contributed by atoms with van der Waals surface area (Å²) in [6.45, 7) is 8.91. The number of aryl methyl sites for hydroxylation is 1. The second-order valence-electron chi connectivity index (χ2n) is 14.0. The minimum Gasteiger partial charge on any atom is -0.462 e. The third-order valence-electron chi connectivity index (χ3n) is 9.81. The molecule has 0 aliphatic heterocycles. The lowest BCUT2D eigenvalue weighted by molar-refractivity contribution is -0.160. The summed E-state index contributed by atoms with van der Waals surface area (Å²) >= 11 is 0. The van der Waals surface area contributed by atoms with Crippen molar-refractivity contribution in [3.63, 3.8) is 0 Å². The predicted octanol–water partition coefficient (Wildman–Crippen LogP) is 8.67. The average Bonchev–Trinajstić information content (AvgIpc) is 3.24. The minimum atomic E-state index is -0.911. The number of hydrogen-bond acceptors (Lipinski definition) is 8. The highest BCUT2D eigenvalue weighted by Crippen LogP contribution is 2.24. The number of ether oxygens (including phenoxy) is 3. The molecule has 0 radical (unpaired) electrons. The van der Waals surface area contributed by atoms with Crippen molar-refractivity contribution >= 4 is 35.1 Å². The number of esters is 2. The second kappa shape index (κ2) is 20.1. The molecule has 0 aliphatic carbocycles. The van der Waals surface area contributed by atoms with Gasteiger partial charge in [-0.25, -0.2) is 0 Å². The Morgan fingerprint density at radius 2 is 1.00 bits per heavy atom. The Balaban J connectivity index is 1.27. The lowest BCUT2D eigenvalue weighted by Gasteiger charge is -2.27. The monoisotopic (exact) mass is 767 g/mol. The molecule has 3 atom stereocenters. The van der Waals surface area contributed by atoms with Gasteiger partial charge in [-0.2, -0.15) is 0 Å². The second-order valence-corrected chi connectivity index (χ2v) is 14.0. The summed E-state index contributed by atoms with van der Waals surface area (Å²) in [4.78, 5) is 68.3. The van der Waals surface area contributed by atoms with Crippen molar-refractivity contribution in [2.45, 2.75) is 65.1 Å². The Labute approximate surface area is 334 Å². The molecule has 0 N–H and O–H groups in total. The molecule has 0 aromatic heterocycles. The van der Waals surface area contributed by atoms with Gasteiger partial charge in [0.1, 0.15) is 19.3 Å². The molecule has 5 aromatic carbocycles. The quantitative estimate of drug-likeness (QED) is 0.0643. The topological polar surface area (TPSA) is 116 Å². The van der Waals surface area contributed by atoms with Crippen LogP contribution in [-0.2, 0) is 28.6 Å². The van der Waals surface area contributed by atoms with Crippen LogP contribution < -0.4 is 4.90 Å². The Hall–Kier alpha value is -6.19. The zero-order valence-electron chi connectivity index (χ0n) is 33.1. The van der Waals surface area contributed by atoms with Crippen LogP contribution in [-0.4, -0.2) is 61.4 Å². The Bertz CT molecular complexity index is 2050. The summed E-state index contributed by atoms with van der Waals surface area (Å²) in [5.41, 5.74) is 4.94. The van der Waals surface area contributed by atoms with Gasteiger partial charge in [-0.15, -0.1) is 0 Å². The summed E-state index contributed by atoms with van der Waals surface area (Å²) in [6, 6.07) is 39.2. The maximum atomic E-state index is 13.5. The molecule has 1 amide bonds. The lowest BCUT2D eigenvalue weighted by Crippen LogP contribution is -2.37. The largest absolute Gasteiger partial charge is 0.462 e. The first-order valence-electron chi connectivity index (χ1n) is 19.2. The maximum absolute atomic E-state index is 13.5. The number of ketones is 2. The molecule has 5 rings (SSSR count). The van der Waals surface area contributed by atoms with Crippen molar-refractivity contribution < 1.29 is 38.2 Å². The molecular formula is C48H49NO8. The smallest absolute Gasteiger partial charge is 0.313 e. The zero-order valence-corrected chi connectivity index (χ0v) is 33.1. The normalized spacial score (nSPS) is 13.1. The standard InChI is InChI=1S/C48H49NO8/c1-6-49(43-26-14-13-17-32(43)2)44(50)27-33(3)57-42(30-55-47(53)34(4)38-22-15-24-40(28-38)45(51)36-18-9-7-10-19-36)31-56-48(54)35(5)39-23-16-25-41(29-39)46(52)37-20-11-8-12-21-37/h7-26,28-29,33-35,42H,6,27,30-31H2,1-5H3. The fourth-order valence-corrected chi connectivity index (χ4v) is 6.49. The highest BCUT2D eigenvalue weighted by Gasteiger charge is 2.27. The van der Waals surface area contributed by atoms with E-state index in [4.69, 9.17) is 14.2 Å². The van der Waals surface area contributed by atoms with Gasteiger partial charge in [0.15, 0.2) is 11.6 Å². The van der Waals surface area contributed by atoms with Gasteiger partial charge in [0.05, 0.1) is 24.4 Å². The van der Waals surface area contributed by atoms with Crippen molar-refractivity contribution in [3.05, 3.63) is 172 Å². The Kier molecular flexibility index (Phi) is 14.8. The number of amides is 1. The van der Waals surface area contributed by atoms with E-state index in [2.05, 4.69) is 0 Å². The summed E-state index contributed by atoms with van der Waals surface area (Å²) in [6.07, 6.45) is -1.52. The van der Waals surface area contributed by atoms with E-state index in [1.807, 2.05) is 50.2 Å². The first-order chi connectivity index (χ1) is 27.5. The summed E-state index contributed by atoms with van der Waals surface area (Å²) in [5.74, 6) is -3.05. The van der Waals surface area contributed by atoms with Gasteiger partial charge < -0.3 is 19.1 Å². The Morgan fingerprint density at radius 1 is 0.561 bits per heavy atom. The van der Waals surface area contributed by atoms with Gasteiger partial charge in [-0.3, -0.25) is 24.0 Å². The van der Waals surface area contributed by atoms with Gasteiger partial charge in [0.25, 0.3) is 0 Å². The van der Waals surface area contributed by atoms with E-state index < -0.39 is 36.0 Å². The molecule has 3 unspecified atom stereocenters. The van der Waals surface area contributed by atoms with Crippen LogP contribution in [0.5, 0.6) is 0 Å². The minimum absolute atomic E-state index is 0.0256. The molecule has 294 valence electrons. The van der Waals surface area contributed by atoms with Crippen molar-refractivity contribution in [1.82, 2.24) is 0 Å². The molecule has 9 nitrogen and oxygen atoms in total. The molecule has 9 heteroatoms. The highest BCUT2D eigenvalue weighted by atomic mass is 16.6. The number of carbonyl (C=O) groups excluding carboxylic acids is 5. The van der Waals surface area contributed by atoms with Gasteiger partial charge in [-0.05, 0) is 69.5 Å². The number of para-hydroxylation sites is 1. The predicted molar refractivity (Wildman–Crippen MR) is 220 cm³/mol. The molecule has 0 saturated carbocycles. The first kappa shape index (κ1) is 42.0. The van der Waals surface area contributed by atoms with Crippen LogP contribution in [0, 0.1) is 6.92 Å². The number of hydrogen-bond donors (Lipinski definition) is 0. The third-order valence-corrected chi connectivity index (χ3v) is 9.81. The molecular weight excluding hydrogens is 719 g/mol. The van der Waals surface area contributed by atoms with Crippen LogP contribution in [0.4, 0.5) is 5.69 Å². The van der Waals surface area contributed by atoms with Crippen LogP contribution >= 0.6 is 0 Å². The van der Waals surface area contributed by atoms with E-state index in [1.165, 1.54) is 0 Å². The van der Waals surface area contributed by atoms with E-state index in [0.29, 0.717) is 39.9 Å².